The fourth-order valence-corrected chi connectivity index (χ4v) is 6.44. The largest absolute Gasteiger partial charge is 0.457 e. The van der Waals surface area contributed by atoms with Crippen LogP contribution in [0.5, 0.6) is 11.5 Å². The van der Waals surface area contributed by atoms with Gasteiger partial charge >= 0.3 is 0 Å². The number of imidazole rings is 1. The molecule has 8 rings (SSSR count). The molecule has 4 aromatic heterocycles. The smallest absolute Gasteiger partial charge is 0.137 e. The Balaban J connectivity index is 1.37. The van der Waals surface area contributed by atoms with Crippen molar-refractivity contribution < 1.29 is 4.74 Å². The Morgan fingerprint density at radius 3 is 2.47 bits per heavy atom. The van der Waals surface area contributed by atoms with Gasteiger partial charge in [0.2, 0.25) is 0 Å². The molecule has 0 aliphatic heterocycles. The van der Waals surface area contributed by atoms with E-state index in [1.165, 1.54) is 36.5 Å². The highest BCUT2D eigenvalue weighted by atomic mass is 32.1. The number of benzene rings is 4. The molecule has 5 nitrogen and oxygen atoms in total. The fraction of sp³-hybridized carbons (Fsp3) is 0. The summed E-state index contributed by atoms with van der Waals surface area (Å²) < 4.78 is 13.2. The van der Waals surface area contributed by atoms with Crippen LogP contribution in [0.2, 0.25) is 0 Å². The maximum Gasteiger partial charge on any atom is 0.137 e. The molecule has 0 fully saturated rings. The lowest BCUT2D eigenvalue weighted by atomic mass is 10.1. The highest BCUT2D eigenvalue weighted by molar-refractivity contribution is 7.26. The van der Waals surface area contributed by atoms with Crippen LogP contribution >= 0.6 is 11.3 Å². The summed E-state index contributed by atoms with van der Waals surface area (Å²) in [5.74, 6) is 2.42. The van der Waals surface area contributed by atoms with E-state index in [1.54, 1.807) is 12.5 Å². The number of fused-ring (bicyclic) bond motifs is 7. The lowest BCUT2D eigenvalue weighted by molar-refractivity contribution is 0.483. The van der Waals surface area contributed by atoms with Crippen LogP contribution in [0.3, 0.4) is 0 Å². The average Bonchev–Trinajstić information content (AvgIpc) is 3.69. The Kier molecular flexibility index (Phi) is 4.62. The lowest BCUT2D eigenvalue weighted by Crippen LogP contribution is -1.97. The van der Waals surface area contributed by atoms with Crippen LogP contribution < -0.4 is 4.74 Å². The van der Waals surface area contributed by atoms with Crippen LogP contribution in [0.1, 0.15) is 0 Å². The van der Waals surface area contributed by atoms with Crippen molar-refractivity contribution in [1.29, 1.82) is 0 Å². The van der Waals surface area contributed by atoms with Gasteiger partial charge in [0, 0.05) is 61.7 Å². The number of aromatic nitrogens is 4. The Bertz CT molecular complexity index is 2110. The van der Waals surface area contributed by atoms with Gasteiger partial charge in [0.05, 0.1) is 23.0 Å². The van der Waals surface area contributed by atoms with Gasteiger partial charge in [-0.25, -0.2) is 9.97 Å². The van der Waals surface area contributed by atoms with Gasteiger partial charge in [-0.05, 0) is 48.5 Å². The Hall–Kier alpha value is -4.94. The molecular formula is C32H20N4OS. The molecule has 0 amide bonds. The van der Waals surface area contributed by atoms with Crippen molar-refractivity contribution in [2.24, 2.45) is 0 Å². The molecule has 4 heterocycles. The molecule has 0 aliphatic rings. The van der Waals surface area contributed by atoms with Crippen LogP contribution in [-0.4, -0.2) is 19.1 Å². The van der Waals surface area contributed by atoms with Crippen molar-refractivity contribution >= 4 is 53.3 Å². The van der Waals surface area contributed by atoms with Gasteiger partial charge in [0.25, 0.3) is 0 Å². The van der Waals surface area contributed by atoms with Crippen molar-refractivity contribution in [3.8, 4) is 23.0 Å². The second kappa shape index (κ2) is 8.30. The van der Waals surface area contributed by atoms with Crippen LogP contribution in [0.15, 0.2) is 122 Å². The average molecular weight is 509 g/mol. The van der Waals surface area contributed by atoms with Gasteiger partial charge in [0.15, 0.2) is 0 Å². The van der Waals surface area contributed by atoms with E-state index in [2.05, 4.69) is 64.1 Å². The molecule has 6 heteroatoms. The number of hydrogen-bond acceptors (Lipinski definition) is 4. The minimum Gasteiger partial charge on any atom is -0.457 e. The van der Waals surface area contributed by atoms with Crippen LogP contribution in [-0.2, 0) is 0 Å². The first-order chi connectivity index (χ1) is 18.8. The third kappa shape index (κ3) is 3.24. The number of pyridine rings is 1. The number of nitrogens with zero attached hydrogens (tertiary/aromatic N) is 4. The van der Waals surface area contributed by atoms with E-state index in [1.807, 2.05) is 70.8 Å². The Labute approximate surface area is 221 Å². The monoisotopic (exact) mass is 508 g/mol. The molecule has 0 spiro atoms. The van der Waals surface area contributed by atoms with Gasteiger partial charge in [0.1, 0.15) is 17.3 Å². The van der Waals surface area contributed by atoms with Gasteiger partial charge < -0.3 is 9.30 Å². The van der Waals surface area contributed by atoms with E-state index < -0.39 is 0 Å². The quantitative estimate of drug-likeness (QED) is 0.239. The molecule has 0 radical (unpaired) electrons. The molecule has 0 unspecified atom stereocenters. The van der Waals surface area contributed by atoms with Gasteiger partial charge in [-0.2, -0.15) is 0 Å². The topological polar surface area (TPSA) is 44.9 Å². The summed E-state index contributed by atoms with van der Waals surface area (Å²) in [4.78, 5) is 8.92. The first-order valence-corrected chi connectivity index (χ1v) is 13.2. The molecule has 8 aromatic rings. The summed E-state index contributed by atoms with van der Waals surface area (Å²) in [5, 5.41) is 4.91. The van der Waals surface area contributed by atoms with E-state index in [4.69, 9.17) is 9.72 Å². The zero-order valence-electron chi connectivity index (χ0n) is 20.2. The first kappa shape index (κ1) is 21.2. The summed E-state index contributed by atoms with van der Waals surface area (Å²) in [6.07, 6.45) is 7.32. The number of ether oxygens (including phenoxy) is 1. The predicted molar refractivity (Wildman–Crippen MR) is 155 cm³/mol. The van der Waals surface area contributed by atoms with Crippen molar-refractivity contribution in [2.75, 3.05) is 0 Å². The number of thiophene rings is 1. The molecule has 180 valence electrons. The molecule has 0 bridgehead atoms. The zero-order chi connectivity index (χ0) is 25.1. The number of rotatable bonds is 4. The minimum atomic E-state index is 0.766. The first-order valence-electron chi connectivity index (χ1n) is 12.4. The summed E-state index contributed by atoms with van der Waals surface area (Å²) in [6, 6.07) is 33.5. The highest BCUT2D eigenvalue weighted by Gasteiger charge is 2.19. The Morgan fingerprint density at radius 2 is 1.58 bits per heavy atom. The molecule has 0 atom stereocenters. The normalized spacial score (nSPS) is 11.7. The minimum absolute atomic E-state index is 0.766. The molecular weight excluding hydrogens is 488 g/mol. The lowest BCUT2D eigenvalue weighted by Gasteiger charge is -2.10. The van der Waals surface area contributed by atoms with E-state index in [0.29, 0.717) is 0 Å². The number of hydrogen-bond donors (Lipinski definition) is 0. The second-order valence-electron chi connectivity index (χ2n) is 9.20. The van der Waals surface area contributed by atoms with Crippen molar-refractivity contribution in [3.63, 3.8) is 0 Å². The van der Waals surface area contributed by atoms with Gasteiger partial charge in [-0.3, -0.25) is 4.57 Å². The molecule has 0 saturated carbocycles. The predicted octanol–water partition coefficient (Wildman–Crippen LogP) is 8.52. The standard InChI is InChI=1S/C32H20N4OS/c1-2-9-28-26(8-1)31-29(38-28)14-13-25-24-12-11-23(19-27(24)36(32(25)31)30-10-3-4-15-34-30)37-22-7-5-6-21(18-22)35-17-16-33-20-35/h1-20H. The van der Waals surface area contributed by atoms with Crippen LogP contribution in [0.4, 0.5) is 0 Å². The van der Waals surface area contributed by atoms with Crippen molar-refractivity contribution in [3.05, 3.63) is 122 Å². The SMILES string of the molecule is c1ccc(-n2c3cc(Oc4cccc(-n5ccnc5)c4)ccc3c3ccc4sc5ccccc5c4c32)nc1. The van der Waals surface area contributed by atoms with Crippen LogP contribution in [0.25, 0.3) is 53.5 Å². The van der Waals surface area contributed by atoms with E-state index >= 15 is 0 Å². The van der Waals surface area contributed by atoms with Gasteiger partial charge in [-0.1, -0.05) is 36.4 Å². The molecule has 0 N–H and O–H groups in total. The summed E-state index contributed by atoms with van der Waals surface area (Å²) >= 11 is 1.83. The summed E-state index contributed by atoms with van der Waals surface area (Å²) in [6.45, 7) is 0. The van der Waals surface area contributed by atoms with Gasteiger partial charge in [-0.15, -0.1) is 11.3 Å². The third-order valence-corrected chi connectivity index (χ3v) is 8.11. The second-order valence-corrected chi connectivity index (χ2v) is 10.3. The maximum atomic E-state index is 6.39. The van der Waals surface area contributed by atoms with E-state index in [9.17, 15) is 0 Å². The zero-order valence-corrected chi connectivity index (χ0v) is 21.0. The van der Waals surface area contributed by atoms with Crippen molar-refractivity contribution in [2.45, 2.75) is 0 Å². The fourth-order valence-electron chi connectivity index (χ4n) is 5.34. The molecule has 0 saturated heterocycles. The molecule has 4 aromatic carbocycles. The highest BCUT2D eigenvalue weighted by Crippen LogP contribution is 2.43. The third-order valence-electron chi connectivity index (χ3n) is 6.97. The summed E-state index contributed by atoms with van der Waals surface area (Å²) in [5.41, 5.74) is 3.23. The van der Waals surface area contributed by atoms with Crippen LogP contribution in [0, 0.1) is 0 Å². The van der Waals surface area contributed by atoms with E-state index in [0.717, 1.165) is 28.5 Å². The van der Waals surface area contributed by atoms with Crippen molar-refractivity contribution in [1.82, 2.24) is 19.1 Å². The molecule has 38 heavy (non-hydrogen) atoms. The Morgan fingerprint density at radius 1 is 0.684 bits per heavy atom. The molecule has 0 aliphatic carbocycles. The van der Waals surface area contributed by atoms with E-state index in [-0.39, 0.29) is 0 Å². The summed E-state index contributed by atoms with van der Waals surface area (Å²) in [7, 11) is 0. The maximum absolute atomic E-state index is 6.39.